The predicted octanol–water partition coefficient (Wildman–Crippen LogP) is 1.24. The summed E-state index contributed by atoms with van der Waals surface area (Å²) in [6.45, 7) is 8.41. The number of rotatable bonds is 5. The molecule has 130 valence electrons. The summed E-state index contributed by atoms with van der Waals surface area (Å²) in [7, 11) is 0. The number of aromatic nitrogens is 4. The lowest BCUT2D eigenvalue weighted by Gasteiger charge is -2.24. The summed E-state index contributed by atoms with van der Waals surface area (Å²) in [6.07, 6.45) is 4.08. The Morgan fingerprint density at radius 3 is 3.12 bits per heavy atom. The van der Waals surface area contributed by atoms with E-state index < -0.39 is 0 Å². The van der Waals surface area contributed by atoms with E-state index in [0.717, 1.165) is 38.4 Å². The highest BCUT2D eigenvalue weighted by Crippen LogP contribution is 2.16. The minimum absolute atomic E-state index is 0.104. The van der Waals surface area contributed by atoms with Gasteiger partial charge in [0.2, 0.25) is 0 Å². The summed E-state index contributed by atoms with van der Waals surface area (Å²) >= 11 is 0. The molecule has 2 aromatic heterocycles. The van der Waals surface area contributed by atoms with Crippen LogP contribution in [0.3, 0.4) is 0 Å². The highest BCUT2D eigenvalue weighted by molar-refractivity contribution is 5.03. The maximum absolute atomic E-state index is 11.4. The first kappa shape index (κ1) is 16.9. The Labute approximate surface area is 141 Å². The molecule has 0 aliphatic carbocycles. The molecule has 1 fully saturated rings. The fourth-order valence-corrected chi connectivity index (χ4v) is 3.20. The van der Waals surface area contributed by atoms with Gasteiger partial charge in [-0.3, -0.25) is 14.4 Å². The Bertz CT molecular complexity index is 709. The van der Waals surface area contributed by atoms with Crippen LogP contribution in [-0.4, -0.2) is 51.0 Å². The molecule has 0 spiro atoms. The first-order valence-electron chi connectivity index (χ1n) is 8.48. The lowest BCUT2D eigenvalue weighted by Crippen LogP contribution is -2.31. The van der Waals surface area contributed by atoms with Crippen molar-refractivity contribution in [3.05, 3.63) is 46.4 Å². The summed E-state index contributed by atoms with van der Waals surface area (Å²) in [6, 6.07) is 4.01. The first-order chi connectivity index (χ1) is 11.6. The lowest BCUT2D eigenvalue weighted by molar-refractivity contribution is 0.121. The Morgan fingerprint density at radius 2 is 2.33 bits per heavy atom. The number of ether oxygens (including phenoxy) is 1. The van der Waals surface area contributed by atoms with Gasteiger partial charge in [0.1, 0.15) is 0 Å². The maximum Gasteiger partial charge on any atom is 0.250 e. The monoisotopic (exact) mass is 331 g/mol. The molecular weight excluding hydrogens is 306 g/mol. The third-order valence-corrected chi connectivity index (χ3v) is 4.28. The molecule has 0 aromatic carbocycles. The number of nitrogens with zero attached hydrogens (tertiary/aromatic N) is 4. The summed E-state index contributed by atoms with van der Waals surface area (Å²) in [5, 5.41) is 4.41. The molecule has 1 aliphatic rings. The minimum atomic E-state index is -0.104. The molecule has 2 aromatic rings. The van der Waals surface area contributed by atoms with Gasteiger partial charge in [0, 0.05) is 49.6 Å². The molecule has 0 saturated carbocycles. The van der Waals surface area contributed by atoms with Gasteiger partial charge in [0.05, 0.1) is 25.2 Å². The fraction of sp³-hybridized carbons (Fsp3) is 0.588. The molecule has 0 radical (unpaired) electrons. The topological polar surface area (TPSA) is 76.0 Å². The number of hydrogen-bond acceptors (Lipinski definition) is 5. The average molecular weight is 331 g/mol. The van der Waals surface area contributed by atoms with Crippen molar-refractivity contribution in [2.75, 3.05) is 26.3 Å². The molecule has 1 saturated heterocycles. The van der Waals surface area contributed by atoms with Crippen molar-refractivity contribution in [3.8, 4) is 0 Å². The van der Waals surface area contributed by atoms with Crippen molar-refractivity contribution in [3.63, 3.8) is 0 Å². The Morgan fingerprint density at radius 1 is 1.46 bits per heavy atom. The maximum atomic E-state index is 11.4. The molecule has 7 heteroatoms. The van der Waals surface area contributed by atoms with Crippen LogP contribution in [0.15, 0.2) is 29.5 Å². The van der Waals surface area contributed by atoms with Gasteiger partial charge in [-0.1, -0.05) is 0 Å². The van der Waals surface area contributed by atoms with E-state index in [-0.39, 0.29) is 5.56 Å². The zero-order chi connectivity index (χ0) is 16.9. The van der Waals surface area contributed by atoms with E-state index in [1.54, 1.807) is 6.07 Å². The number of H-pyrrole nitrogens is 1. The van der Waals surface area contributed by atoms with Gasteiger partial charge >= 0.3 is 0 Å². The highest BCUT2D eigenvalue weighted by atomic mass is 16.5. The van der Waals surface area contributed by atoms with Crippen LogP contribution >= 0.6 is 0 Å². The zero-order valence-electron chi connectivity index (χ0n) is 14.3. The normalized spacial score (nSPS) is 19.5. The van der Waals surface area contributed by atoms with Crippen molar-refractivity contribution in [2.45, 2.75) is 32.9 Å². The lowest BCUT2D eigenvalue weighted by atomic mass is 10.0. The summed E-state index contributed by atoms with van der Waals surface area (Å²) in [5.41, 5.74) is 1.94. The molecule has 1 N–H and O–H groups in total. The van der Waals surface area contributed by atoms with Crippen molar-refractivity contribution >= 4 is 0 Å². The molecule has 1 atom stereocenters. The van der Waals surface area contributed by atoms with Crippen LogP contribution in [0, 0.1) is 5.92 Å². The van der Waals surface area contributed by atoms with Crippen LogP contribution in [0.1, 0.15) is 31.3 Å². The van der Waals surface area contributed by atoms with E-state index in [0.29, 0.717) is 18.6 Å². The summed E-state index contributed by atoms with van der Waals surface area (Å²) < 4.78 is 7.83. The molecule has 3 heterocycles. The zero-order valence-corrected chi connectivity index (χ0v) is 14.3. The standard InChI is InChI=1S/C17H25N5O2/c1-13(2)22-16(3-4-20-22)10-21-5-6-24-11-14(9-21)7-15-8-17(23)19-12-18-15/h3-4,8,12-14H,5-7,9-11H2,1-2H3,(H,18,19,23). The van der Waals surface area contributed by atoms with Gasteiger partial charge in [-0.25, -0.2) is 4.98 Å². The van der Waals surface area contributed by atoms with E-state index in [1.165, 1.54) is 12.0 Å². The van der Waals surface area contributed by atoms with Crippen LogP contribution < -0.4 is 5.56 Å². The largest absolute Gasteiger partial charge is 0.380 e. The highest BCUT2D eigenvalue weighted by Gasteiger charge is 2.21. The van der Waals surface area contributed by atoms with Crippen LogP contribution in [-0.2, 0) is 17.7 Å². The van der Waals surface area contributed by atoms with Crippen molar-refractivity contribution < 1.29 is 4.74 Å². The second kappa shape index (κ2) is 7.72. The quantitative estimate of drug-likeness (QED) is 0.892. The second-order valence-corrected chi connectivity index (χ2v) is 6.64. The summed E-state index contributed by atoms with van der Waals surface area (Å²) in [4.78, 5) is 20.7. The third-order valence-electron chi connectivity index (χ3n) is 4.28. The predicted molar refractivity (Wildman–Crippen MR) is 90.8 cm³/mol. The van der Waals surface area contributed by atoms with Crippen molar-refractivity contribution in [2.24, 2.45) is 5.92 Å². The Kier molecular flexibility index (Phi) is 5.42. The SMILES string of the molecule is CC(C)n1nccc1CN1CCOCC(Cc2cc(=O)[nH]cn2)C1. The van der Waals surface area contributed by atoms with E-state index in [9.17, 15) is 4.79 Å². The molecule has 0 bridgehead atoms. The molecule has 7 nitrogen and oxygen atoms in total. The number of hydrogen-bond donors (Lipinski definition) is 1. The molecule has 1 unspecified atom stereocenters. The van der Waals surface area contributed by atoms with E-state index in [4.69, 9.17) is 4.74 Å². The van der Waals surface area contributed by atoms with Gasteiger partial charge in [-0.05, 0) is 26.3 Å². The molecule has 3 rings (SSSR count). The van der Waals surface area contributed by atoms with Gasteiger partial charge in [0.25, 0.3) is 5.56 Å². The smallest absolute Gasteiger partial charge is 0.250 e. The van der Waals surface area contributed by atoms with E-state index in [2.05, 4.69) is 44.6 Å². The fourth-order valence-electron chi connectivity index (χ4n) is 3.20. The van der Waals surface area contributed by atoms with E-state index in [1.807, 2.05) is 6.20 Å². The van der Waals surface area contributed by atoms with Crippen LogP contribution in [0.25, 0.3) is 0 Å². The van der Waals surface area contributed by atoms with Gasteiger partial charge in [0.15, 0.2) is 0 Å². The third kappa shape index (κ3) is 4.30. The second-order valence-electron chi connectivity index (χ2n) is 6.64. The van der Waals surface area contributed by atoms with Gasteiger partial charge in [-0.15, -0.1) is 0 Å². The van der Waals surface area contributed by atoms with Crippen LogP contribution in [0.2, 0.25) is 0 Å². The van der Waals surface area contributed by atoms with Gasteiger partial charge < -0.3 is 9.72 Å². The Hall–Kier alpha value is -1.99. The molecular formula is C17H25N5O2. The molecule has 0 amide bonds. The Balaban J connectivity index is 1.66. The van der Waals surface area contributed by atoms with Gasteiger partial charge in [-0.2, -0.15) is 5.10 Å². The number of aromatic amines is 1. The van der Waals surface area contributed by atoms with Crippen molar-refractivity contribution in [1.29, 1.82) is 0 Å². The van der Waals surface area contributed by atoms with E-state index >= 15 is 0 Å². The van der Waals surface area contributed by atoms with Crippen LogP contribution in [0.5, 0.6) is 0 Å². The minimum Gasteiger partial charge on any atom is -0.380 e. The average Bonchev–Trinajstić information content (AvgIpc) is 2.88. The van der Waals surface area contributed by atoms with Crippen LogP contribution in [0.4, 0.5) is 0 Å². The number of nitrogens with one attached hydrogen (secondary N) is 1. The summed E-state index contributed by atoms with van der Waals surface area (Å²) in [5.74, 6) is 0.331. The molecule has 24 heavy (non-hydrogen) atoms. The molecule has 1 aliphatic heterocycles. The van der Waals surface area contributed by atoms with Crippen molar-refractivity contribution in [1.82, 2.24) is 24.6 Å². The first-order valence-corrected chi connectivity index (χ1v) is 8.48.